The fourth-order valence-electron chi connectivity index (χ4n) is 2.44. The van der Waals surface area contributed by atoms with E-state index in [1.807, 2.05) is 0 Å². The maximum absolute atomic E-state index is 13.6. The van der Waals surface area contributed by atoms with Gasteiger partial charge in [0.2, 0.25) is 5.82 Å². The Kier molecular flexibility index (Phi) is 4.20. The van der Waals surface area contributed by atoms with Crippen LogP contribution in [0, 0.1) is 30.4 Å². The van der Waals surface area contributed by atoms with Crippen LogP contribution < -0.4 is 4.74 Å². The van der Waals surface area contributed by atoms with E-state index in [0.717, 1.165) is 18.8 Å². The first-order valence-corrected chi connectivity index (χ1v) is 6.65. The molecule has 0 unspecified atom stereocenters. The van der Waals surface area contributed by atoms with Crippen LogP contribution in [-0.2, 0) is 0 Å². The Hall–Kier alpha value is -1.12. The molecule has 0 aromatic heterocycles. The van der Waals surface area contributed by atoms with Crippen LogP contribution in [0.3, 0.4) is 0 Å². The van der Waals surface area contributed by atoms with Crippen LogP contribution in [0.4, 0.5) is 8.78 Å². The first-order chi connectivity index (χ1) is 8.58. The van der Waals surface area contributed by atoms with E-state index in [2.05, 4.69) is 6.92 Å². The molecule has 1 saturated carbocycles. The molecule has 0 amide bonds. The Morgan fingerprint density at radius 3 is 2.44 bits per heavy atom. The van der Waals surface area contributed by atoms with E-state index in [0.29, 0.717) is 18.1 Å². The molecule has 1 nitrogen and oxygen atoms in total. The molecule has 0 bridgehead atoms. The molecule has 0 radical (unpaired) electrons. The number of halogens is 2. The van der Waals surface area contributed by atoms with Crippen LogP contribution in [-0.4, -0.2) is 6.61 Å². The van der Waals surface area contributed by atoms with Gasteiger partial charge in [0.25, 0.3) is 0 Å². The molecule has 0 saturated heterocycles. The van der Waals surface area contributed by atoms with Gasteiger partial charge in [0.05, 0.1) is 6.61 Å². The highest BCUT2D eigenvalue weighted by molar-refractivity contribution is 5.30. The van der Waals surface area contributed by atoms with Crippen molar-refractivity contribution in [2.24, 2.45) is 11.8 Å². The quantitative estimate of drug-likeness (QED) is 0.772. The molecule has 0 aliphatic heterocycles. The molecule has 1 aliphatic carbocycles. The second kappa shape index (κ2) is 5.68. The lowest BCUT2D eigenvalue weighted by Crippen LogP contribution is -2.19. The molecule has 1 aliphatic rings. The fraction of sp³-hybridized carbons (Fsp3) is 0.600. The highest BCUT2D eigenvalue weighted by Crippen LogP contribution is 2.29. The van der Waals surface area contributed by atoms with Crippen molar-refractivity contribution in [3.63, 3.8) is 0 Å². The summed E-state index contributed by atoms with van der Waals surface area (Å²) in [6.07, 6.45) is 4.66. The first kappa shape index (κ1) is 13.3. The molecule has 0 N–H and O–H groups in total. The van der Waals surface area contributed by atoms with Crippen LogP contribution in [0.2, 0.25) is 0 Å². The molecule has 0 heterocycles. The number of benzene rings is 1. The van der Waals surface area contributed by atoms with Crippen molar-refractivity contribution >= 4 is 0 Å². The summed E-state index contributed by atoms with van der Waals surface area (Å²) < 4.78 is 32.4. The van der Waals surface area contributed by atoms with E-state index in [-0.39, 0.29) is 5.75 Å². The highest BCUT2D eigenvalue weighted by Gasteiger charge is 2.20. The average Bonchev–Trinajstić information content (AvgIpc) is 2.37. The van der Waals surface area contributed by atoms with Crippen molar-refractivity contribution in [2.75, 3.05) is 6.61 Å². The molecule has 1 aromatic rings. The Balaban J connectivity index is 1.92. The lowest BCUT2D eigenvalue weighted by Gasteiger charge is -2.26. The van der Waals surface area contributed by atoms with Crippen LogP contribution in [0.5, 0.6) is 5.75 Å². The third kappa shape index (κ3) is 3.01. The van der Waals surface area contributed by atoms with Crippen LogP contribution in [0.15, 0.2) is 12.1 Å². The summed E-state index contributed by atoms with van der Waals surface area (Å²) in [5, 5.41) is 0. The normalized spacial score (nSPS) is 24.0. The summed E-state index contributed by atoms with van der Waals surface area (Å²) in [7, 11) is 0. The molecular weight excluding hydrogens is 234 g/mol. The van der Waals surface area contributed by atoms with Gasteiger partial charge in [0.15, 0.2) is 11.6 Å². The van der Waals surface area contributed by atoms with Crippen molar-refractivity contribution in [3.8, 4) is 5.75 Å². The van der Waals surface area contributed by atoms with Gasteiger partial charge in [0.1, 0.15) is 0 Å². The zero-order valence-electron chi connectivity index (χ0n) is 11.0. The van der Waals surface area contributed by atoms with E-state index in [1.54, 1.807) is 13.0 Å². The summed E-state index contributed by atoms with van der Waals surface area (Å²) in [5.41, 5.74) is 0.311. The van der Waals surface area contributed by atoms with E-state index in [4.69, 9.17) is 4.74 Å². The van der Waals surface area contributed by atoms with Gasteiger partial charge in [-0.15, -0.1) is 0 Å². The highest BCUT2D eigenvalue weighted by atomic mass is 19.2. The van der Waals surface area contributed by atoms with Crippen LogP contribution in [0.25, 0.3) is 0 Å². The van der Waals surface area contributed by atoms with Gasteiger partial charge in [0, 0.05) is 0 Å². The second-order valence-electron chi connectivity index (χ2n) is 5.45. The summed E-state index contributed by atoms with van der Waals surface area (Å²) >= 11 is 0. The van der Waals surface area contributed by atoms with Gasteiger partial charge in [-0.05, 0) is 43.2 Å². The van der Waals surface area contributed by atoms with Crippen molar-refractivity contribution in [1.82, 2.24) is 0 Å². The summed E-state index contributed by atoms with van der Waals surface area (Å²) in [5.74, 6) is -0.361. The van der Waals surface area contributed by atoms with Gasteiger partial charge >= 0.3 is 0 Å². The van der Waals surface area contributed by atoms with Gasteiger partial charge < -0.3 is 4.74 Å². The summed E-state index contributed by atoms with van der Waals surface area (Å²) in [6, 6.07) is 3.07. The molecule has 0 atom stereocenters. The maximum Gasteiger partial charge on any atom is 0.200 e. The molecule has 2 rings (SSSR count). The summed E-state index contributed by atoms with van der Waals surface area (Å²) in [6.45, 7) is 4.29. The Morgan fingerprint density at radius 1 is 1.11 bits per heavy atom. The average molecular weight is 254 g/mol. The minimum Gasteiger partial charge on any atom is -0.490 e. The zero-order chi connectivity index (χ0) is 13.1. The SMILES string of the molecule is Cc1ccc(OCC2CCC(C)CC2)c(F)c1F. The van der Waals surface area contributed by atoms with Crippen LogP contribution >= 0.6 is 0 Å². The predicted molar refractivity (Wildman–Crippen MR) is 67.7 cm³/mol. The van der Waals surface area contributed by atoms with Crippen LogP contribution in [0.1, 0.15) is 38.2 Å². The number of hydrogen-bond donors (Lipinski definition) is 0. The molecule has 100 valence electrons. The fourth-order valence-corrected chi connectivity index (χ4v) is 2.44. The summed E-state index contributed by atoms with van der Waals surface area (Å²) in [4.78, 5) is 0. The molecule has 0 spiro atoms. The minimum absolute atomic E-state index is 0.0386. The Morgan fingerprint density at radius 2 is 1.78 bits per heavy atom. The van der Waals surface area contributed by atoms with E-state index in [1.165, 1.54) is 18.9 Å². The van der Waals surface area contributed by atoms with Crippen molar-refractivity contribution in [3.05, 3.63) is 29.3 Å². The Bertz CT molecular complexity index is 409. The van der Waals surface area contributed by atoms with Crippen molar-refractivity contribution < 1.29 is 13.5 Å². The molecule has 1 aromatic carbocycles. The van der Waals surface area contributed by atoms with Gasteiger partial charge in [-0.25, -0.2) is 4.39 Å². The van der Waals surface area contributed by atoms with Gasteiger partial charge in [-0.1, -0.05) is 25.8 Å². The molecule has 18 heavy (non-hydrogen) atoms. The predicted octanol–water partition coefficient (Wildman–Crippen LogP) is 4.48. The second-order valence-corrected chi connectivity index (χ2v) is 5.45. The lowest BCUT2D eigenvalue weighted by atomic mass is 9.83. The van der Waals surface area contributed by atoms with Gasteiger partial charge in [-0.3, -0.25) is 0 Å². The van der Waals surface area contributed by atoms with E-state index in [9.17, 15) is 8.78 Å². The molecule has 1 fully saturated rings. The number of rotatable bonds is 3. The van der Waals surface area contributed by atoms with Crippen molar-refractivity contribution in [1.29, 1.82) is 0 Å². The van der Waals surface area contributed by atoms with Crippen molar-refractivity contribution in [2.45, 2.75) is 39.5 Å². The third-order valence-corrected chi connectivity index (χ3v) is 3.85. The number of ether oxygens (including phenoxy) is 1. The number of hydrogen-bond acceptors (Lipinski definition) is 1. The maximum atomic E-state index is 13.6. The Labute approximate surface area is 107 Å². The zero-order valence-corrected chi connectivity index (χ0v) is 11.0. The van der Waals surface area contributed by atoms with E-state index < -0.39 is 11.6 Å². The van der Waals surface area contributed by atoms with E-state index >= 15 is 0 Å². The molecule has 3 heteroatoms. The van der Waals surface area contributed by atoms with Gasteiger partial charge in [-0.2, -0.15) is 4.39 Å². The third-order valence-electron chi connectivity index (χ3n) is 3.85. The standard InChI is InChI=1S/C15H20F2O/c1-10-3-6-12(7-4-10)9-18-13-8-5-11(2)14(16)15(13)17/h5,8,10,12H,3-4,6-7,9H2,1-2H3. The topological polar surface area (TPSA) is 9.23 Å². The molecular formula is C15H20F2O. The smallest absolute Gasteiger partial charge is 0.200 e. The monoisotopic (exact) mass is 254 g/mol. The minimum atomic E-state index is -0.862. The largest absolute Gasteiger partial charge is 0.490 e. The number of aryl methyl sites for hydroxylation is 1. The lowest BCUT2D eigenvalue weighted by molar-refractivity contribution is 0.182. The first-order valence-electron chi connectivity index (χ1n) is 6.65.